The Balaban J connectivity index is 3.07. The fourth-order valence-electron chi connectivity index (χ4n) is 0.978. The fraction of sp³-hybridized carbons (Fsp3) is 0.300. The average Bonchev–Trinajstić information content (AvgIpc) is 2.08. The van der Waals surface area contributed by atoms with Crippen LogP contribution in [0.15, 0.2) is 23.1 Å². The third kappa shape index (κ3) is 2.75. The highest BCUT2D eigenvalue weighted by atomic mass is 35.5. The lowest BCUT2D eigenvalue weighted by atomic mass is 10.2. The number of carbonyl (C=O) groups excluding carboxylic acids is 1. The monoisotopic (exact) mass is 214 g/mol. The Morgan fingerprint density at radius 1 is 1.46 bits per heavy atom. The van der Waals surface area contributed by atoms with Crippen molar-refractivity contribution in [1.82, 2.24) is 0 Å². The predicted molar refractivity (Wildman–Crippen MR) is 57.8 cm³/mol. The molecule has 0 N–H and O–H groups in total. The van der Waals surface area contributed by atoms with Crippen LogP contribution < -0.4 is 0 Å². The van der Waals surface area contributed by atoms with Gasteiger partial charge in [-0.1, -0.05) is 37.6 Å². The van der Waals surface area contributed by atoms with Crippen LogP contribution in [-0.4, -0.2) is 11.5 Å². The number of halogens is 1. The molecule has 1 rings (SSSR count). The number of carbonyl (C=O) groups is 1. The van der Waals surface area contributed by atoms with Gasteiger partial charge in [0.25, 0.3) is 0 Å². The van der Waals surface area contributed by atoms with Crippen LogP contribution in [0, 0.1) is 0 Å². The summed E-state index contributed by atoms with van der Waals surface area (Å²) < 4.78 is 0. The summed E-state index contributed by atoms with van der Waals surface area (Å²) in [5.74, 6) is 0. The van der Waals surface area contributed by atoms with Crippen LogP contribution in [0.1, 0.15) is 24.2 Å². The van der Waals surface area contributed by atoms with Crippen molar-refractivity contribution < 1.29 is 4.79 Å². The van der Waals surface area contributed by atoms with Crippen molar-refractivity contribution in [3.05, 3.63) is 28.8 Å². The van der Waals surface area contributed by atoms with Gasteiger partial charge in [-0.05, 0) is 6.07 Å². The molecule has 0 aromatic heterocycles. The lowest BCUT2D eigenvalue weighted by Gasteiger charge is -2.08. The number of thioether (sulfide) groups is 1. The van der Waals surface area contributed by atoms with Crippen LogP contribution in [0.3, 0.4) is 0 Å². The molecule has 0 saturated heterocycles. The van der Waals surface area contributed by atoms with Crippen molar-refractivity contribution in [2.75, 3.05) is 0 Å². The van der Waals surface area contributed by atoms with E-state index in [1.807, 2.05) is 0 Å². The second-order valence-electron chi connectivity index (χ2n) is 2.94. The van der Waals surface area contributed by atoms with Crippen molar-refractivity contribution >= 4 is 29.6 Å². The van der Waals surface area contributed by atoms with E-state index in [4.69, 9.17) is 11.6 Å². The molecule has 0 aliphatic carbocycles. The van der Waals surface area contributed by atoms with Gasteiger partial charge in [0.05, 0.1) is 5.02 Å². The SMILES string of the molecule is CC(C)Sc1c(Cl)cccc1C=O. The van der Waals surface area contributed by atoms with Gasteiger partial charge in [-0.15, -0.1) is 11.8 Å². The van der Waals surface area contributed by atoms with E-state index in [1.54, 1.807) is 30.0 Å². The van der Waals surface area contributed by atoms with E-state index in [1.165, 1.54) is 0 Å². The first-order valence-electron chi connectivity index (χ1n) is 4.05. The maximum Gasteiger partial charge on any atom is 0.151 e. The van der Waals surface area contributed by atoms with Crippen molar-refractivity contribution in [3.63, 3.8) is 0 Å². The first-order chi connectivity index (χ1) is 6.15. The molecule has 0 radical (unpaired) electrons. The van der Waals surface area contributed by atoms with E-state index in [-0.39, 0.29) is 0 Å². The van der Waals surface area contributed by atoms with Crippen molar-refractivity contribution in [3.8, 4) is 0 Å². The zero-order chi connectivity index (χ0) is 9.84. The molecule has 0 fully saturated rings. The van der Waals surface area contributed by atoms with Gasteiger partial charge >= 0.3 is 0 Å². The van der Waals surface area contributed by atoms with Crippen LogP contribution in [-0.2, 0) is 0 Å². The molecule has 1 aromatic carbocycles. The van der Waals surface area contributed by atoms with Gasteiger partial charge in [0.1, 0.15) is 0 Å². The minimum atomic E-state index is 0.429. The standard InChI is InChI=1S/C10H11ClOS/c1-7(2)13-10-8(6-12)4-3-5-9(10)11/h3-7H,1-2H3. The Morgan fingerprint density at radius 3 is 2.69 bits per heavy atom. The minimum Gasteiger partial charge on any atom is -0.298 e. The summed E-state index contributed by atoms with van der Waals surface area (Å²) in [5.41, 5.74) is 0.672. The Kier molecular flexibility index (Phi) is 3.82. The summed E-state index contributed by atoms with van der Waals surface area (Å²) >= 11 is 7.59. The minimum absolute atomic E-state index is 0.429. The van der Waals surface area contributed by atoms with E-state index < -0.39 is 0 Å². The van der Waals surface area contributed by atoms with Gasteiger partial charge in [-0.3, -0.25) is 4.79 Å². The Morgan fingerprint density at radius 2 is 2.15 bits per heavy atom. The van der Waals surface area contributed by atoms with Gasteiger partial charge in [-0.25, -0.2) is 0 Å². The predicted octanol–water partition coefficient (Wildman–Crippen LogP) is 3.65. The molecular weight excluding hydrogens is 204 g/mol. The molecule has 0 aliphatic rings. The summed E-state index contributed by atoms with van der Waals surface area (Å²) in [6.07, 6.45) is 0.844. The third-order valence-electron chi connectivity index (χ3n) is 1.48. The third-order valence-corrected chi connectivity index (χ3v) is 3.07. The zero-order valence-electron chi connectivity index (χ0n) is 7.58. The van der Waals surface area contributed by atoms with E-state index in [2.05, 4.69) is 13.8 Å². The van der Waals surface area contributed by atoms with Crippen molar-refractivity contribution in [2.24, 2.45) is 0 Å². The number of benzene rings is 1. The normalized spacial score (nSPS) is 10.5. The number of aldehydes is 1. The van der Waals surface area contributed by atoms with Crippen molar-refractivity contribution in [2.45, 2.75) is 24.0 Å². The highest BCUT2D eigenvalue weighted by molar-refractivity contribution is 8.00. The van der Waals surface area contributed by atoms with Gasteiger partial charge in [0.2, 0.25) is 0 Å². The number of rotatable bonds is 3. The molecule has 70 valence electrons. The highest BCUT2D eigenvalue weighted by Gasteiger charge is 2.08. The summed E-state index contributed by atoms with van der Waals surface area (Å²) in [7, 11) is 0. The van der Waals surface area contributed by atoms with E-state index in [0.717, 1.165) is 11.2 Å². The summed E-state index contributed by atoms with van der Waals surface area (Å²) in [4.78, 5) is 11.6. The smallest absolute Gasteiger partial charge is 0.151 e. The molecule has 0 amide bonds. The summed E-state index contributed by atoms with van der Waals surface area (Å²) in [5, 5.41) is 1.09. The fourth-order valence-corrected chi connectivity index (χ4v) is 2.20. The lowest BCUT2D eigenvalue weighted by molar-refractivity contribution is 0.112. The molecule has 3 heteroatoms. The van der Waals surface area contributed by atoms with Gasteiger partial charge in [-0.2, -0.15) is 0 Å². The average molecular weight is 215 g/mol. The molecule has 0 spiro atoms. The molecule has 0 aliphatic heterocycles. The maximum absolute atomic E-state index is 10.7. The van der Waals surface area contributed by atoms with Gasteiger partial charge in [0.15, 0.2) is 6.29 Å². The molecule has 1 aromatic rings. The molecule has 0 atom stereocenters. The number of hydrogen-bond acceptors (Lipinski definition) is 2. The lowest BCUT2D eigenvalue weighted by Crippen LogP contribution is -1.91. The van der Waals surface area contributed by atoms with Gasteiger partial charge in [0, 0.05) is 15.7 Å². The van der Waals surface area contributed by atoms with Crippen molar-refractivity contribution in [1.29, 1.82) is 0 Å². The van der Waals surface area contributed by atoms with E-state index in [0.29, 0.717) is 15.8 Å². The summed E-state index contributed by atoms with van der Waals surface area (Å²) in [6, 6.07) is 5.37. The Bertz CT molecular complexity index is 310. The second kappa shape index (κ2) is 4.68. The highest BCUT2D eigenvalue weighted by Crippen LogP contribution is 2.32. The largest absolute Gasteiger partial charge is 0.298 e. The zero-order valence-corrected chi connectivity index (χ0v) is 9.15. The Hall–Kier alpha value is -0.470. The van der Waals surface area contributed by atoms with Crippen LogP contribution in [0.5, 0.6) is 0 Å². The molecular formula is C10H11ClOS. The van der Waals surface area contributed by atoms with Crippen LogP contribution in [0.4, 0.5) is 0 Å². The number of hydrogen-bond donors (Lipinski definition) is 0. The molecule has 13 heavy (non-hydrogen) atoms. The van der Waals surface area contributed by atoms with Crippen LogP contribution in [0.25, 0.3) is 0 Å². The van der Waals surface area contributed by atoms with Crippen LogP contribution in [0.2, 0.25) is 5.02 Å². The maximum atomic E-state index is 10.7. The first-order valence-corrected chi connectivity index (χ1v) is 5.31. The molecule has 0 heterocycles. The summed E-state index contributed by atoms with van der Waals surface area (Å²) in [6.45, 7) is 4.14. The molecule has 0 unspecified atom stereocenters. The quantitative estimate of drug-likeness (QED) is 0.564. The van der Waals surface area contributed by atoms with Gasteiger partial charge < -0.3 is 0 Å². The molecule has 0 bridgehead atoms. The van der Waals surface area contributed by atoms with E-state index in [9.17, 15) is 4.79 Å². The second-order valence-corrected chi connectivity index (χ2v) is 4.94. The van der Waals surface area contributed by atoms with E-state index >= 15 is 0 Å². The first kappa shape index (κ1) is 10.6. The van der Waals surface area contributed by atoms with Crippen LogP contribution >= 0.6 is 23.4 Å². The Labute approximate surface area is 87.5 Å². The molecule has 1 nitrogen and oxygen atoms in total. The topological polar surface area (TPSA) is 17.1 Å². The molecule has 0 saturated carbocycles.